The normalized spacial score (nSPS) is 28.0. The van der Waals surface area contributed by atoms with Gasteiger partial charge in [-0.05, 0) is 31.4 Å². The summed E-state index contributed by atoms with van der Waals surface area (Å²) in [6.45, 7) is 2.37. The van der Waals surface area contributed by atoms with Crippen molar-refractivity contribution < 1.29 is 9.47 Å². The van der Waals surface area contributed by atoms with Crippen LogP contribution in [0.1, 0.15) is 25.1 Å². The second kappa shape index (κ2) is 6.63. The molecule has 2 fully saturated rings. The zero-order valence-electron chi connectivity index (χ0n) is 14.0. The molecule has 0 spiro atoms. The molecule has 1 saturated carbocycles. The molecular formula is C18H24N4O2. The lowest BCUT2D eigenvalue weighted by molar-refractivity contribution is -0.116. The highest BCUT2D eigenvalue weighted by Gasteiger charge is 2.38. The molecule has 0 unspecified atom stereocenters. The summed E-state index contributed by atoms with van der Waals surface area (Å²) in [5, 5.41) is 0.915. The minimum absolute atomic E-state index is 0.294. The van der Waals surface area contributed by atoms with Crippen molar-refractivity contribution in [1.82, 2.24) is 14.9 Å². The Bertz CT molecular complexity index is 723. The molecule has 2 aliphatic rings. The Morgan fingerprint density at radius 2 is 2.17 bits per heavy atom. The van der Waals surface area contributed by atoms with E-state index < -0.39 is 0 Å². The molecule has 3 atom stereocenters. The number of methoxy groups -OCH3 is 1. The molecule has 2 N–H and O–H groups in total. The summed E-state index contributed by atoms with van der Waals surface area (Å²) >= 11 is 0. The van der Waals surface area contributed by atoms with Crippen LogP contribution >= 0.6 is 0 Å². The zero-order valence-corrected chi connectivity index (χ0v) is 14.0. The number of fused-ring (bicyclic) bond motifs is 2. The average Bonchev–Trinajstić information content (AvgIpc) is 2.62. The first kappa shape index (κ1) is 15.7. The minimum Gasteiger partial charge on any atom is -0.383 e. The average molecular weight is 328 g/mol. The van der Waals surface area contributed by atoms with Gasteiger partial charge in [-0.1, -0.05) is 12.1 Å². The van der Waals surface area contributed by atoms with Crippen LogP contribution in [0, 0.1) is 0 Å². The van der Waals surface area contributed by atoms with E-state index in [-0.39, 0.29) is 0 Å². The summed E-state index contributed by atoms with van der Waals surface area (Å²) in [4.78, 5) is 11.7. The second-order valence-electron chi connectivity index (χ2n) is 6.66. The monoisotopic (exact) mass is 328 g/mol. The van der Waals surface area contributed by atoms with Gasteiger partial charge in [-0.3, -0.25) is 4.90 Å². The van der Waals surface area contributed by atoms with E-state index in [1.54, 1.807) is 7.11 Å². The molecule has 0 radical (unpaired) electrons. The van der Waals surface area contributed by atoms with E-state index in [9.17, 15) is 0 Å². The maximum atomic E-state index is 6.12. The molecule has 0 bridgehead atoms. The molecule has 4 rings (SSSR count). The Morgan fingerprint density at radius 3 is 3.04 bits per heavy atom. The lowest BCUT2D eigenvalue weighted by Gasteiger charge is -2.45. The Morgan fingerprint density at radius 1 is 1.29 bits per heavy atom. The number of para-hydroxylation sites is 1. The summed E-state index contributed by atoms with van der Waals surface area (Å²) in [5.74, 6) is 1.34. The third-order valence-electron chi connectivity index (χ3n) is 5.24. The Labute approximate surface area is 142 Å². The van der Waals surface area contributed by atoms with Crippen LogP contribution in [0.4, 0.5) is 5.82 Å². The molecule has 1 saturated heterocycles. The number of hydrogen-bond donors (Lipinski definition) is 1. The molecule has 2 heterocycles. The molecule has 1 aromatic heterocycles. The van der Waals surface area contributed by atoms with Gasteiger partial charge in [0.05, 0.1) is 30.9 Å². The van der Waals surface area contributed by atoms with Crippen LogP contribution in [0.3, 0.4) is 0 Å². The first-order chi connectivity index (χ1) is 11.7. The fourth-order valence-corrected chi connectivity index (χ4v) is 3.96. The van der Waals surface area contributed by atoms with Crippen molar-refractivity contribution in [2.24, 2.45) is 0 Å². The van der Waals surface area contributed by atoms with E-state index >= 15 is 0 Å². The summed E-state index contributed by atoms with van der Waals surface area (Å²) in [6, 6.07) is 8.26. The van der Waals surface area contributed by atoms with E-state index in [1.807, 2.05) is 24.3 Å². The third kappa shape index (κ3) is 2.97. The topological polar surface area (TPSA) is 73.5 Å². The molecule has 1 aromatic carbocycles. The highest BCUT2D eigenvalue weighted by atomic mass is 16.5. The first-order valence-corrected chi connectivity index (χ1v) is 8.64. The number of hydrogen-bond acceptors (Lipinski definition) is 6. The fourth-order valence-electron chi connectivity index (χ4n) is 3.96. The fraction of sp³-hybridized carbons (Fsp3) is 0.556. The highest BCUT2D eigenvalue weighted by molar-refractivity contribution is 5.87. The van der Waals surface area contributed by atoms with Gasteiger partial charge in [-0.2, -0.15) is 0 Å². The maximum absolute atomic E-state index is 6.12. The number of benzene rings is 1. The standard InChI is InChI=1S/C18H24N4O2/c1-23-12-6-7-16-15(10-12)22(8-9-24-16)11-17-20-14-5-3-2-4-13(14)18(19)21-17/h2-5,12,15-16H,6-11H2,1H3,(H2,19,20,21)/t12-,15-,16+/m1/s1. The summed E-state index contributed by atoms with van der Waals surface area (Å²) in [5.41, 5.74) is 7.03. The van der Waals surface area contributed by atoms with Gasteiger partial charge in [0.1, 0.15) is 11.6 Å². The first-order valence-electron chi connectivity index (χ1n) is 8.64. The third-order valence-corrected chi connectivity index (χ3v) is 5.24. The molecule has 0 amide bonds. The Balaban J connectivity index is 1.57. The SMILES string of the molecule is CO[C@@H]1CC[C@@H]2OCCN(Cc3nc(N)c4ccccc4n3)[C@@H]2C1. The lowest BCUT2D eigenvalue weighted by atomic mass is 9.88. The molecule has 128 valence electrons. The molecule has 6 nitrogen and oxygen atoms in total. The molecule has 6 heteroatoms. The van der Waals surface area contributed by atoms with Crippen molar-refractivity contribution in [3.8, 4) is 0 Å². The van der Waals surface area contributed by atoms with Gasteiger partial charge in [0, 0.05) is 25.1 Å². The van der Waals surface area contributed by atoms with Crippen molar-refractivity contribution in [3.63, 3.8) is 0 Å². The quantitative estimate of drug-likeness (QED) is 0.929. The molecule has 24 heavy (non-hydrogen) atoms. The highest BCUT2D eigenvalue weighted by Crippen LogP contribution is 2.31. The molecule has 1 aliphatic heterocycles. The number of anilines is 1. The summed E-state index contributed by atoms with van der Waals surface area (Å²) in [7, 11) is 1.80. The number of nitrogens with two attached hydrogens (primary N) is 1. The van der Waals surface area contributed by atoms with Crippen LogP contribution in [-0.4, -0.2) is 53.4 Å². The number of rotatable bonds is 3. The van der Waals surface area contributed by atoms with E-state index in [4.69, 9.17) is 20.2 Å². The van der Waals surface area contributed by atoms with Gasteiger partial charge in [-0.25, -0.2) is 9.97 Å². The number of morpholine rings is 1. The second-order valence-corrected chi connectivity index (χ2v) is 6.66. The Hall–Kier alpha value is -1.76. The van der Waals surface area contributed by atoms with E-state index in [2.05, 4.69) is 9.88 Å². The molecule has 1 aliphatic carbocycles. The molecular weight excluding hydrogens is 304 g/mol. The van der Waals surface area contributed by atoms with Crippen LogP contribution in [0.25, 0.3) is 10.9 Å². The van der Waals surface area contributed by atoms with Crippen LogP contribution in [0.2, 0.25) is 0 Å². The van der Waals surface area contributed by atoms with Crippen molar-refractivity contribution in [2.75, 3.05) is 26.0 Å². The van der Waals surface area contributed by atoms with Crippen LogP contribution < -0.4 is 5.73 Å². The van der Waals surface area contributed by atoms with Gasteiger partial charge >= 0.3 is 0 Å². The number of ether oxygens (including phenoxy) is 2. The Kier molecular flexibility index (Phi) is 4.35. The summed E-state index contributed by atoms with van der Waals surface area (Å²) < 4.78 is 11.6. The van der Waals surface area contributed by atoms with Gasteiger partial charge in [0.25, 0.3) is 0 Å². The number of nitrogens with zero attached hydrogens (tertiary/aromatic N) is 3. The van der Waals surface area contributed by atoms with Crippen LogP contribution in [0.5, 0.6) is 0 Å². The van der Waals surface area contributed by atoms with Crippen LogP contribution in [0.15, 0.2) is 24.3 Å². The van der Waals surface area contributed by atoms with Gasteiger partial charge < -0.3 is 15.2 Å². The summed E-state index contributed by atoms with van der Waals surface area (Å²) in [6.07, 6.45) is 3.75. The van der Waals surface area contributed by atoms with Gasteiger partial charge in [0.15, 0.2) is 0 Å². The van der Waals surface area contributed by atoms with Crippen LogP contribution in [-0.2, 0) is 16.0 Å². The predicted octanol–water partition coefficient (Wildman–Crippen LogP) is 1.98. The number of aromatic nitrogens is 2. The van der Waals surface area contributed by atoms with E-state index in [0.29, 0.717) is 30.6 Å². The van der Waals surface area contributed by atoms with Crippen molar-refractivity contribution in [1.29, 1.82) is 0 Å². The predicted molar refractivity (Wildman–Crippen MR) is 92.5 cm³/mol. The van der Waals surface area contributed by atoms with Crippen molar-refractivity contribution in [2.45, 2.75) is 44.1 Å². The van der Waals surface area contributed by atoms with Gasteiger partial charge in [-0.15, -0.1) is 0 Å². The zero-order chi connectivity index (χ0) is 16.5. The van der Waals surface area contributed by atoms with Crippen molar-refractivity contribution >= 4 is 16.7 Å². The smallest absolute Gasteiger partial charge is 0.145 e. The maximum Gasteiger partial charge on any atom is 0.145 e. The molecule has 2 aromatic rings. The van der Waals surface area contributed by atoms with E-state index in [1.165, 1.54) is 0 Å². The van der Waals surface area contributed by atoms with Gasteiger partial charge in [0.2, 0.25) is 0 Å². The van der Waals surface area contributed by atoms with E-state index in [0.717, 1.165) is 49.1 Å². The minimum atomic E-state index is 0.294. The largest absolute Gasteiger partial charge is 0.383 e. The number of nitrogen functional groups attached to an aromatic ring is 1. The van der Waals surface area contributed by atoms with Crippen molar-refractivity contribution in [3.05, 3.63) is 30.1 Å². The lowest BCUT2D eigenvalue weighted by Crippen LogP contribution is -2.54.